The molecule has 0 unspecified atom stereocenters. The Hall–Kier alpha value is -0.980. The number of nitro groups is 1. The first-order valence-electron chi connectivity index (χ1n) is 4.95. The van der Waals surface area contributed by atoms with Crippen LogP contribution in [0.1, 0.15) is 24.4 Å². The molecule has 16 heavy (non-hydrogen) atoms. The van der Waals surface area contributed by atoms with Gasteiger partial charge in [-0.1, -0.05) is 6.07 Å². The number of nitrogens with zero attached hydrogens (tertiary/aromatic N) is 1. The first kappa shape index (κ1) is 13.1. The third-order valence-corrected chi connectivity index (χ3v) is 2.98. The van der Waals surface area contributed by atoms with Crippen molar-refractivity contribution in [2.75, 3.05) is 6.54 Å². The number of rotatable bonds is 5. The van der Waals surface area contributed by atoms with E-state index in [-0.39, 0.29) is 11.7 Å². The predicted molar refractivity (Wildman–Crippen MR) is 66.0 cm³/mol. The summed E-state index contributed by atoms with van der Waals surface area (Å²) < 4.78 is 0.465. The number of nitrogens with two attached hydrogens (primary N) is 2. The van der Waals surface area contributed by atoms with Crippen molar-refractivity contribution in [3.8, 4) is 0 Å². The average molecular weight is 288 g/mol. The summed E-state index contributed by atoms with van der Waals surface area (Å²) in [6.07, 6.45) is 1.54. The monoisotopic (exact) mass is 287 g/mol. The lowest BCUT2D eigenvalue weighted by molar-refractivity contribution is -0.385. The van der Waals surface area contributed by atoms with Gasteiger partial charge in [-0.25, -0.2) is 0 Å². The molecular weight excluding hydrogens is 274 g/mol. The molecule has 1 aromatic carbocycles. The van der Waals surface area contributed by atoms with Crippen molar-refractivity contribution in [2.45, 2.75) is 18.9 Å². The molecule has 0 amide bonds. The summed E-state index contributed by atoms with van der Waals surface area (Å²) in [6.45, 7) is 0.576. The molecule has 88 valence electrons. The lowest BCUT2D eigenvalue weighted by Crippen LogP contribution is -2.12. The van der Waals surface area contributed by atoms with Gasteiger partial charge in [0.15, 0.2) is 0 Å². The van der Waals surface area contributed by atoms with Crippen molar-refractivity contribution in [3.63, 3.8) is 0 Å². The second-order valence-electron chi connectivity index (χ2n) is 3.51. The minimum atomic E-state index is -0.427. The molecule has 6 heteroatoms. The predicted octanol–water partition coefficient (Wildman–Crippen LogP) is 2.10. The van der Waals surface area contributed by atoms with Crippen LogP contribution < -0.4 is 11.5 Å². The van der Waals surface area contributed by atoms with Crippen LogP contribution in [0.4, 0.5) is 5.69 Å². The van der Waals surface area contributed by atoms with Gasteiger partial charge < -0.3 is 11.5 Å². The van der Waals surface area contributed by atoms with E-state index in [2.05, 4.69) is 15.9 Å². The van der Waals surface area contributed by atoms with Crippen LogP contribution in [0, 0.1) is 10.1 Å². The van der Waals surface area contributed by atoms with Crippen LogP contribution >= 0.6 is 15.9 Å². The van der Waals surface area contributed by atoms with E-state index in [1.54, 1.807) is 12.1 Å². The van der Waals surface area contributed by atoms with Crippen molar-refractivity contribution in [1.29, 1.82) is 0 Å². The summed E-state index contributed by atoms with van der Waals surface area (Å²) in [5.74, 6) is 0. The van der Waals surface area contributed by atoms with Gasteiger partial charge in [0.25, 0.3) is 5.69 Å². The van der Waals surface area contributed by atoms with Crippen molar-refractivity contribution in [1.82, 2.24) is 0 Å². The molecule has 0 saturated heterocycles. The quantitative estimate of drug-likeness (QED) is 0.640. The van der Waals surface area contributed by atoms with E-state index < -0.39 is 4.92 Å². The van der Waals surface area contributed by atoms with Crippen LogP contribution in [0.2, 0.25) is 0 Å². The first-order chi connectivity index (χ1) is 7.56. The van der Waals surface area contributed by atoms with Crippen LogP contribution in [-0.4, -0.2) is 11.5 Å². The van der Waals surface area contributed by atoms with Gasteiger partial charge in [-0.15, -0.1) is 0 Å². The fourth-order valence-corrected chi connectivity index (χ4v) is 1.80. The highest BCUT2D eigenvalue weighted by Gasteiger charge is 2.15. The molecule has 0 aliphatic carbocycles. The second-order valence-corrected chi connectivity index (χ2v) is 4.36. The molecule has 0 aromatic heterocycles. The van der Waals surface area contributed by atoms with Gasteiger partial charge in [0.1, 0.15) is 0 Å². The van der Waals surface area contributed by atoms with Crippen LogP contribution in [-0.2, 0) is 0 Å². The fourth-order valence-electron chi connectivity index (χ4n) is 1.40. The molecule has 1 rings (SSSR count). The normalized spacial score (nSPS) is 12.4. The van der Waals surface area contributed by atoms with Crippen LogP contribution in [0.5, 0.6) is 0 Å². The van der Waals surface area contributed by atoms with E-state index in [1.165, 1.54) is 6.07 Å². The molecule has 0 fully saturated rings. The zero-order chi connectivity index (χ0) is 12.1. The van der Waals surface area contributed by atoms with Crippen molar-refractivity contribution < 1.29 is 4.92 Å². The summed E-state index contributed by atoms with van der Waals surface area (Å²) in [4.78, 5) is 10.3. The summed E-state index contributed by atoms with van der Waals surface area (Å²) in [5.41, 5.74) is 12.1. The van der Waals surface area contributed by atoms with Gasteiger partial charge >= 0.3 is 0 Å². The van der Waals surface area contributed by atoms with Crippen LogP contribution in [0.15, 0.2) is 22.7 Å². The number of halogens is 1. The number of nitro benzene ring substituents is 1. The Morgan fingerprint density at radius 3 is 2.75 bits per heavy atom. The number of benzene rings is 1. The summed E-state index contributed by atoms with van der Waals surface area (Å²) >= 11 is 3.13. The molecule has 0 aliphatic heterocycles. The highest BCUT2D eigenvalue weighted by atomic mass is 79.9. The standard InChI is InChI=1S/C10H14BrN3O2/c11-8-4-3-7(6-10(8)14(15)16)9(13)2-1-5-12/h3-4,6,9H,1-2,5,12-13H2/t9-/m0/s1. The smallest absolute Gasteiger partial charge is 0.283 e. The summed E-state index contributed by atoms with van der Waals surface area (Å²) in [5, 5.41) is 10.7. The topological polar surface area (TPSA) is 95.2 Å². The Bertz CT molecular complexity index is 384. The van der Waals surface area contributed by atoms with Crippen molar-refractivity contribution in [2.24, 2.45) is 11.5 Å². The van der Waals surface area contributed by atoms with Crippen molar-refractivity contribution >= 4 is 21.6 Å². The van der Waals surface area contributed by atoms with Gasteiger partial charge in [-0.05, 0) is 46.9 Å². The number of hydrogen-bond donors (Lipinski definition) is 2. The third-order valence-electron chi connectivity index (χ3n) is 2.31. The van der Waals surface area contributed by atoms with Gasteiger partial charge in [-0.3, -0.25) is 10.1 Å². The Kier molecular flexibility index (Phi) is 4.85. The molecule has 0 radical (unpaired) electrons. The maximum Gasteiger partial charge on any atom is 0.283 e. The van der Waals surface area contributed by atoms with E-state index in [9.17, 15) is 10.1 Å². The van der Waals surface area contributed by atoms with E-state index in [0.717, 1.165) is 18.4 Å². The molecule has 0 aliphatic rings. The Balaban J connectivity index is 2.89. The minimum absolute atomic E-state index is 0.0423. The zero-order valence-corrected chi connectivity index (χ0v) is 10.3. The fraction of sp³-hybridized carbons (Fsp3) is 0.400. The van der Waals surface area contributed by atoms with Crippen LogP contribution in [0.3, 0.4) is 0 Å². The highest BCUT2D eigenvalue weighted by molar-refractivity contribution is 9.10. The van der Waals surface area contributed by atoms with Gasteiger partial charge in [0, 0.05) is 12.1 Å². The number of hydrogen-bond acceptors (Lipinski definition) is 4. The largest absolute Gasteiger partial charge is 0.330 e. The Morgan fingerprint density at radius 1 is 1.50 bits per heavy atom. The minimum Gasteiger partial charge on any atom is -0.330 e. The molecule has 0 saturated carbocycles. The summed E-state index contributed by atoms with van der Waals surface area (Å²) in [7, 11) is 0. The molecule has 5 nitrogen and oxygen atoms in total. The molecule has 0 bridgehead atoms. The Labute approximate surface area is 102 Å². The van der Waals surface area contributed by atoms with Crippen LogP contribution in [0.25, 0.3) is 0 Å². The lowest BCUT2D eigenvalue weighted by Gasteiger charge is -2.11. The van der Waals surface area contributed by atoms with E-state index in [4.69, 9.17) is 11.5 Å². The SMILES string of the molecule is NCCC[C@H](N)c1ccc(Br)c([N+](=O)[O-])c1. The molecule has 0 spiro atoms. The Morgan fingerprint density at radius 2 is 2.19 bits per heavy atom. The maximum absolute atomic E-state index is 10.7. The third kappa shape index (κ3) is 3.26. The lowest BCUT2D eigenvalue weighted by atomic mass is 10.0. The molecule has 1 atom stereocenters. The molecule has 1 aromatic rings. The van der Waals surface area contributed by atoms with Gasteiger partial charge in [0.05, 0.1) is 9.40 Å². The first-order valence-corrected chi connectivity index (χ1v) is 5.75. The molecule has 0 heterocycles. The average Bonchev–Trinajstić information content (AvgIpc) is 2.26. The van der Waals surface area contributed by atoms with E-state index in [0.29, 0.717) is 11.0 Å². The van der Waals surface area contributed by atoms with E-state index in [1.807, 2.05) is 0 Å². The summed E-state index contributed by atoms with van der Waals surface area (Å²) in [6, 6.07) is 4.75. The van der Waals surface area contributed by atoms with Crippen molar-refractivity contribution in [3.05, 3.63) is 38.3 Å². The highest BCUT2D eigenvalue weighted by Crippen LogP contribution is 2.28. The van der Waals surface area contributed by atoms with E-state index >= 15 is 0 Å². The van der Waals surface area contributed by atoms with Gasteiger partial charge in [-0.2, -0.15) is 0 Å². The maximum atomic E-state index is 10.7. The van der Waals surface area contributed by atoms with Gasteiger partial charge in [0.2, 0.25) is 0 Å². The molecular formula is C10H14BrN3O2. The second kappa shape index (κ2) is 5.93. The zero-order valence-electron chi connectivity index (χ0n) is 8.73. The molecule has 4 N–H and O–H groups in total.